The molecular formula is C30H30N6O3. The Hall–Kier alpha value is -4.79. The minimum Gasteiger partial charge on any atom is -0.349 e. The van der Waals surface area contributed by atoms with Crippen LogP contribution in [0.2, 0.25) is 0 Å². The molecule has 39 heavy (non-hydrogen) atoms. The minimum atomic E-state index is -0.528. The first kappa shape index (κ1) is 25.8. The lowest BCUT2D eigenvalue weighted by Crippen LogP contribution is -2.30. The standard InChI is InChI=1S/C30H30N6O3/c1-4-36-29(38)26(33-30(39)34-27-18(2)16-31-17-19(27)3)15-25(35-36)22-9-5-7-20(13-22)21-8-6-10-23(14-21)28(37)32-24-11-12-24/h5-10,13-17,24H,4,11-12H2,1-3H3,(H,32,37)(H2,31,33,34,39). The van der Waals surface area contributed by atoms with Crippen LogP contribution in [0.25, 0.3) is 22.4 Å². The van der Waals surface area contributed by atoms with E-state index in [1.165, 1.54) is 4.68 Å². The number of carbonyl (C=O) groups excluding carboxylic acids is 2. The van der Waals surface area contributed by atoms with Crippen LogP contribution < -0.4 is 21.5 Å². The van der Waals surface area contributed by atoms with E-state index < -0.39 is 11.6 Å². The molecule has 0 spiro atoms. The number of hydrogen-bond acceptors (Lipinski definition) is 5. The van der Waals surface area contributed by atoms with Gasteiger partial charge in [-0.25, -0.2) is 9.48 Å². The highest BCUT2D eigenvalue weighted by Gasteiger charge is 2.24. The minimum absolute atomic E-state index is 0.0710. The molecule has 0 radical (unpaired) electrons. The Kier molecular flexibility index (Phi) is 7.23. The van der Waals surface area contributed by atoms with E-state index in [-0.39, 0.29) is 17.6 Å². The number of rotatable bonds is 7. The summed E-state index contributed by atoms with van der Waals surface area (Å²) in [5.74, 6) is -0.0710. The van der Waals surface area contributed by atoms with Gasteiger partial charge >= 0.3 is 6.03 Å². The Morgan fingerprint density at radius 2 is 1.59 bits per heavy atom. The molecule has 2 heterocycles. The third-order valence-electron chi connectivity index (χ3n) is 6.61. The van der Waals surface area contributed by atoms with Crippen molar-refractivity contribution in [3.63, 3.8) is 0 Å². The predicted molar refractivity (Wildman–Crippen MR) is 152 cm³/mol. The van der Waals surface area contributed by atoms with Gasteiger partial charge in [-0.05, 0) is 80.1 Å². The Morgan fingerprint density at radius 1 is 0.923 bits per heavy atom. The molecule has 1 aliphatic carbocycles. The van der Waals surface area contributed by atoms with Crippen molar-refractivity contribution in [2.24, 2.45) is 0 Å². The number of anilines is 2. The number of urea groups is 1. The monoisotopic (exact) mass is 522 g/mol. The number of nitrogens with one attached hydrogen (secondary N) is 3. The average molecular weight is 523 g/mol. The third kappa shape index (κ3) is 5.87. The van der Waals surface area contributed by atoms with E-state index in [4.69, 9.17) is 0 Å². The number of aromatic nitrogens is 3. The van der Waals surface area contributed by atoms with Crippen molar-refractivity contribution in [3.05, 3.63) is 94.0 Å². The van der Waals surface area contributed by atoms with Crippen molar-refractivity contribution >= 4 is 23.3 Å². The molecule has 0 aliphatic heterocycles. The van der Waals surface area contributed by atoms with Gasteiger partial charge in [-0.15, -0.1) is 0 Å². The van der Waals surface area contributed by atoms with Gasteiger partial charge in [-0.1, -0.05) is 30.3 Å². The second kappa shape index (κ2) is 10.9. The normalized spacial score (nSPS) is 12.6. The SMILES string of the molecule is CCn1nc(-c2cccc(-c3cccc(C(=O)NC4CC4)c3)c2)cc(NC(=O)Nc2c(C)cncc2C)c1=O. The van der Waals surface area contributed by atoms with E-state index in [1.54, 1.807) is 18.5 Å². The topological polar surface area (TPSA) is 118 Å². The number of carbonyl (C=O) groups is 2. The molecule has 4 aromatic rings. The number of aryl methyl sites for hydroxylation is 3. The van der Waals surface area contributed by atoms with Crippen LogP contribution >= 0.6 is 0 Å². The first-order valence-electron chi connectivity index (χ1n) is 13.0. The summed E-state index contributed by atoms with van der Waals surface area (Å²) in [5, 5.41) is 13.1. The van der Waals surface area contributed by atoms with Gasteiger partial charge < -0.3 is 16.0 Å². The molecule has 5 rings (SSSR count). The first-order valence-corrected chi connectivity index (χ1v) is 13.0. The van der Waals surface area contributed by atoms with Crippen LogP contribution in [0.5, 0.6) is 0 Å². The lowest BCUT2D eigenvalue weighted by atomic mass is 9.99. The fourth-order valence-electron chi connectivity index (χ4n) is 4.35. The molecule has 1 aliphatic rings. The third-order valence-corrected chi connectivity index (χ3v) is 6.61. The van der Waals surface area contributed by atoms with Gasteiger partial charge in [0.2, 0.25) is 0 Å². The number of benzene rings is 2. The second-order valence-electron chi connectivity index (χ2n) is 9.70. The van der Waals surface area contributed by atoms with E-state index in [2.05, 4.69) is 26.0 Å². The Bertz CT molecular complexity index is 1600. The average Bonchev–Trinajstić information content (AvgIpc) is 3.76. The largest absolute Gasteiger partial charge is 0.349 e. The Morgan fingerprint density at radius 3 is 2.28 bits per heavy atom. The van der Waals surface area contributed by atoms with Gasteiger partial charge in [0.1, 0.15) is 5.69 Å². The van der Waals surface area contributed by atoms with Gasteiger partial charge in [0.05, 0.1) is 11.4 Å². The molecule has 0 unspecified atom stereocenters. The van der Waals surface area contributed by atoms with Crippen LogP contribution in [0, 0.1) is 13.8 Å². The molecule has 198 valence electrons. The highest BCUT2D eigenvalue weighted by Crippen LogP contribution is 2.27. The summed E-state index contributed by atoms with van der Waals surface area (Å²) in [6.07, 6.45) is 5.39. The van der Waals surface area contributed by atoms with E-state index in [0.717, 1.165) is 40.7 Å². The maximum atomic E-state index is 13.0. The molecule has 3 N–H and O–H groups in total. The fourth-order valence-corrected chi connectivity index (χ4v) is 4.35. The van der Waals surface area contributed by atoms with Crippen molar-refractivity contribution in [2.75, 3.05) is 10.6 Å². The van der Waals surface area contributed by atoms with Crippen LogP contribution in [0.15, 0.2) is 71.8 Å². The predicted octanol–water partition coefficient (Wildman–Crippen LogP) is 5.15. The molecule has 3 amide bonds. The van der Waals surface area contributed by atoms with Gasteiger partial charge in [0.25, 0.3) is 11.5 Å². The zero-order chi connectivity index (χ0) is 27.5. The molecule has 9 heteroatoms. The summed E-state index contributed by atoms with van der Waals surface area (Å²) in [6.45, 7) is 5.86. The quantitative estimate of drug-likeness (QED) is 0.310. The summed E-state index contributed by atoms with van der Waals surface area (Å²) in [4.78, 5) is 42.5. The smallest absolute Gasteiger partial charge is 0.323 e. The van der Waals surface area contributed by atoms with Crippen molar-refractivity contribution in [3.8, 4) is 22.4 Å². The Balaban J connectivity index is 1.43. The van der Waals surface area contributed by atoms with Gasteiger partial charge in [0.15, 0.2) is 0 Å². The molecule has 0 saturated heterocycles. The van der Waals surface area contributed by atoms with E-state index in [1.807, 2.05) is 69.3 Å². The summed E-state index contributed by atoms with van der Waals surface area (Å²) in [5.41, 5.74) is 5.71. The fraction of sp³-hybridized carbons (Fsp3) is 0.233. The van der Waals surface area contributed by atoms with Gasteiger partial charge in [-0.2, -0.15) is 5.10 Å². The number of hydrogen-bond donors (Lipinski definition) is 3. The summed E-state index contributed by atoms with van der Waals surface area (Å²) in [6, 6.07) is 16.6. The molecule has 1 saturated carbocycles. The van der Waals surface area contributed by atoms with Gasteiger partial charge in [-0.3, -0.25) is 14.6 Å². The Labute approximate surface area is 226 Å². The summed E-state index contributed by atoms with van der Waals surface area (Å²) >= 11 is 0. The van der Waals surface area contributed by atoms with Crippen molar-refractivity contribution in [1.82, 2.24) is 20.1 Å². The van der Waals surface area contributed by atoms with Crippen molar-refractivity contribution in [2.45, 2.75) is 46.2 Å². The van der Waals surface area contributed by atoms with Crippen LogP contribution in [0.1, 0.15) is 41.3 Å². The van der Waals surface area contributed by atoms with Crippen molar-refractivity contribution < 1.29 is 9.59 Å². The number of nitrogens with zero attached hydrogens (tertiary/aromatic N) is 3. The van der Waals surface area contributed by atoms with Crippen LogP contribution in [-0.4, -0.2) is 32.7 Å². The van der Waals surface area contributed by atoms with E-state index >= 15 is 0 Å². The molecule has 1 fully saturated rings. The molecule has 9 nitrogen and oxygen atoms in total. The summed E-state index contributed by atoms with van der Waals surface area (Å²) < 4.78 is 1.32. The lowest BCUT2D eigenvalue weighted by Gasteiger charge is -2.14. The molecular weight excluding hydrogens is 492 g/mol. The second-order valence-corrected chi connectivity index (χ2v) is 9.70. The van der Waals surface area contributed by atoms with Crippen LogP contribution in [0.3, 0.4) is 0 Å². The van der Waals surface area contributed by atoms with Crippen LogP contribution in [0.4, 0.5) is 16.2 Å². The number of pyridine rings is 1. The van der Waals surface area contributed by atoms with Crippen molar-refractivity contribution in [1.29, 1.82) is 0 Å². The molecule has 0 bridgehead atoms. The highest BCUT2D eigenvalue weighted by atomic mass is 16.2. The highest BCUT2D eigenvalue weighted by molar-refractivity contribution is 6.01. The summed E-state index contributed by atoms with van der Waals surface area (Å²) in [7, 11) is 0. The molecule has 0 atom stereocenters. The van der Waals surface area contributed by atoms with Crippen LogP contribution in [-0.2, 0) is 6.54 Å². The first-order chi connectivity index (χ1) is 18.8. The maximum absolute atomic E-state index is 13.0. The van der Waals surface area contributed by atoms with E-state index in [0.29, 0.717) is 23.5 Å². The zero-order valence-electron chi connectivity index (χ0n) is 22.1. The van der Waals surface area contributed by atoms with E-state index in [9.17, 15) is 14.4 Å². The molecule has 2 aromatic carbocycles. The number of amides is 3. The lowest BCUT2D eigenvalue weighted by molar-refractivity contribution is 0.0951. The van der Waals surface area contributed by atoms with Gasteiger partial charge in [0, 0.05) is 36.1 Å². The maximum Gasteiger partial charge on any atom is 0.323 e. The molecule has 2 aromatic heterocycles. The zero-order valence-corrected chi connectivity index (χ0v) is 22.1.